The number of aryl methyl sites for hydroxylation is 2. The number of hydrogen-bond donors (Lipinski definition) is 2. The van der Waals surface area contributed by atoms with Crippen molar-refractivity contribution in [3.63, 3.8) is 0 Å². The summed E-state index contributed by atoms with van der Waals surface area (Å²) in [6.07, 6.45) is 5.03. The number of primary amides is 1. The van der Waals surface area contributed by atoms with Crippen molar-refractivity contribution in [1.82, 2.24) is 25.3 Å². The molecule has 4 heterocycles. The van der Waals surface area contributed by atoms with E-state index in [1.807, 2.05) is 31.2 Å². The Morgan fingerprint density at radius 1 is 1.12 bits per heavy atom. The standard InChI is InChI=1S/C30H28FN7O2S/c1-17-12-19(6-7-21(17)28(32)39)27-14-23-26(41-27)9-11-34-29(23)38(20-4-3-10-33-15-20)30(40)22-8-5-18(13-24(22)31)25-16-37(2)36-35-25/h5-9,11-14,16,20,33H,3-4,10,15H2,1-2H3,(H2,32,39). The molecule has 0 aliphatic carbocycles. The second-order valence-electron chi connectivity index (χ2n) is 10.2. The highest BCUT2D eigenvalue weighted by molar-refractivity contribution is 7.22. The Bertz CT molecular complexity index is 1790. The lowest BCUT2D eigenvalue weighted by Gasteiger charge is -2.34. The van der Waals surface area contributed by atoms with Crippen LogP contribution in [0.4, 0.5) is 10.2 Å². The molecule has 0 bridgehead atoms. The maximum Gasteiger partial charge on any atom is 0.262 e. The number of hydrogen-bond acceptors (Lipinski definition) is 7. The number of pyridine rings is 1. The van der Waals surface area contributed by atoms with Crippen LogP contribution < -0.4 is 16.0 Å². The summed E-state index contributed by atoms with van der Waals surface area (Å²) in [5.41, 5.74) is 8.72. The molecule has 1 aliphatic heterocycles. The lowest BCUT2D eigenvalue weighted by molar-refractivity contribution is 0.0966. The number of rotatable bonds is 6. The topological polar surface area (TPSA) is 119 Å². The van der Waals surface area contributed by atoms with Gasteiger partial charge in [-0.2, -0.15) is 0 Å². The molecule has 1 atom stereocenters. The van der Waals surface area contributed by atoms with Crippen molar-refractivity contribution < 1.29 is 14.0 Å². The molecule has 1 aliphatic rings. The Morgan fingerprint density at radius 2 is 1.93 bits per heavy atom. The number of carbonyl (C=O) groups is 2. The summed E-state index contributed by atoms with van der Waals surface area (Å²) in [5, 5.41) is 12.1. The zero-order valence-corrected chi connectivity index (χ0v) is 23.4. The molecule has 1 fully saturated rings. The summed E-state index contributed by atoms with van der Waals surface area (Å²) >= 11 is 1.57. The van der Waals surface area contributed by atoms with Crippen LogP contribution in [0.25, 0.3) is 31.8 Å². The first-order valence-corrected chi connectivity index (χ1v) is 14.1. The van der Waals surface area contributed by atoms with Crippen molar-refractivity contribution in [2.75, 3.05) is 18.0 Å². The first-order chi connectivity index (χ1) is 19.8. The van der Waals surface area contributed by atoms with E-state index in [1.54, 1.807) is 52.5 Å². The van der Waals surface area contributed by atoms with E-state index in [0.717, 1.165) is 45.5 Å². The molecule has 5 aromatic rings. The zero-order valence-electron chi connectivity index (χ0n) is 22.6. The SMILES string of the molecule is Cc1cc(-c2cc3c(N(C(=O)c4ccc(-c5cn(C)nn5)cc4F)C4CCCNC4)nccc3s2)ccc1C(N)=O. The van der Waals surface area contributed by atoms with Gasteiger partial charge in [0.05, 0.1) is 17.8 Å². The van der Waals surface area contributed by atoms with E-state index in [4.69, 9.17) is 5.73 Å². The summed E-state index contributed by atoms with van der Waals surface area (Å²) in [5.74, 6) is -1.05. The normalized spacial score (nSPS) is 15.2. The molecule has 2 amide bonds. The number of nitrogens with two attached hydrogens (primary N) is 1. The molecule has 3 aromatic heterocycles. The number of thiophene rings is 1. The number of amides is 2. The molecule has 208 valence electrons. The van der Waals surface area contributed by atoms with E-state index in [0.29, 0.717) is 29.2 Å². The number of benzene rings is 2. The average Bonchev–Trinajstić information content (AvgIpc) is 3.60. The molecule has 0 radical (unpaired) electrons. The number of nitrogens with one attached hydrogen (secondary N) is 1. The highest BCUT2D eigenvalue weighted by Crippen LogP contribution is 2.39. The van der Waals surface area contributed by atoms with Gasteiger partial charge in [-0.3, -0.25) is 19.2 Å². The number of nitrogens with zero attached hydrogens (tertiary/aromatic N) is 5. The molecule has 3 N–H and O–H groups in total. The Hall–Kier alpha value is -4.48. The van der Waals surface area contributed by atoms with Gasteiger partial charge >= 0.3 is 0 Å². The van der Waals surface area contributed by atoms with Crippen LogP contribution in [0.15, 0.2) is 60.9 Å². The van der Waals surface area contributed by atoms with Gasteiger partial charge in [0.25, 0.3) is 5.91 Å². The third-order valence-corrected chi connectivity index (χ3v) is 8.53. The van der Waals surface area contributed by atoms with Crippen molar-refractivity contribution in [3.05, 3.63) is 83.4 Å². The summed E-state index contributed by atoms with van der Waals surface area (Å²) in [7, 11) is 1.74. The minimum atomic E-state index is -0.630. The van der Waals surface area contributed by atoms with E-state index in [9.17, 15) is 9.59 Å². The predicted molar refractivity (Wildman–Crippen MR) is 157 cm³/mol. The predicted octanol–water partition coefficient (Wildman–Crippen LogP) is 4.70. The van der Waals surface area contributed by atoms with Crippen LogP contribution in [0.1, 0.15) is 39.1 Å². The number of anilines is 1. The molecule has 9 nitrogen and oxygen atoms in total. The maximum absolute atomic E-state index is 15.5. The van der Waals surface area contributed by atoms with Gasteiger partial charge in [-0.1, -0.05) is 17.3 Å². The van der Waals surface area contributed by atoms with Crippen molar-refractivity contribution in [3.8, 4) is 21.7 Å². The minimum absolute atomic E-state index is 0.0323. The number of fused-ring (bicyclic) bond motifs is 1. The van der Waals surface area contributed by atoms with Crippen LogP contribution in [-0.4, -0.2) is 50.9 Å². The first-order valence-electron chi connectivity index (χ1n) is 13.3. The Balaban J connectivity index is 1.42. The minimum Gasteiger partial charge on any atom is -0.366 e. The fourth-order valence-corrected chi connectivity index (χ4v) is 6.37. The summed E-state index contributed by atoms with van der Waals surface area (Å²) < 4.78 is 18.0. The molecule has 41 heavy (non-hydrogen) atoms. The van der Waals surface area contributed by atoms with Crippen LogP contribution in [0.5, 0.6) is 0 Å². The fourth-order valence-electron chi connectivity index (χ4n) is 5.32. The number of piperidine rings is 1. The van der Waals surface area contributed by atoms with Crippen molar-refractivity contribution in [2.45, 2.75) is 25.8 Å². The van der Waals surface area contributed by atoms with Gasteiger partial charge in [0, 0.05) is 45.9 Å². The molecular formula is C30H28FN7O2S. The maximum atomic E-state index is 15.5. The molecule has 11 heteroatoms. The molecule has 0 saturated carbocycles. The first kappa shape index (κ1) is 26.7. The molecule has 0 spiro atoms. The van der Waals surface area contributed by atoms with E-state index in [-0.39, 0.29) is 11.6 Å². The quantitative estimate of drug-likeness (QED) is 0.306. The smallest absolute Gasteiger partial charge is 0.262 e. The Labute approximate surface area is 239 Å². The highest BCUT2D eigenvalue weighted by atomic mass is 32.1. The third-order valence-electron chi connectivity index (χ3n) is 7.38. The number of carbonyl (C=O) groups excluding carboxylic acids is 2. The lowest BCUT2D eigenvalue weighted by atomic mass is 10.0. The Morgan fingerprint density at radius 3 is 2.61 bits per heavy atom. The van der Waals surface area contributed by atoms with Gasteiger partial charge < -0.3 is 11.1 Å². The molecule has 1 unspecified atom stereocenters. The average molecular weight is 570 g/mol. The van der Waals surface area contributed by atoms with Crippen LogP contribution in [0.2, 0.25) is 0 Å². The van der Waals surface area contributed by atoms with E-state index in [1.165, 1.54) is 12.1 Å². The summed E-state index contributed by atoms with van der Waals surface area (Å²) in [4.78, 5) is 33.1. The second-order valence-corrected chi connectivity index (χ2v) is 11.3. The molecular weight excluding hydrogens is 541 g/mol. The van der Waals surface area contributed by atoms with Crippen molar-refractivity contribution in [2.24, 2.45) is 12.8 Å². The highest BCUT2D eigenvalue weighted by Gasteiger charge is 2.32. The molecule has 1 saturated heterocycles. The Kier molecular flexibility index (Phi) is 7.06. The summed E-state index contributed by atoms with van der Waals surface area (Å²) in [6, 6.07) is 13.8. The van der Waals surface area contributed by atoms with E-state index in [2.05, 4.69) is 20.6 Å². The fraction of sp³-hybridized carbons (Fsp3) is 0.233. The number of halogens is 1. The van der Waals surface area contributed by atoms with Gasteiger partial charge in [0.1, 0.15) is 17.3 Å². The van der Waals surface area contributed by atoms with Gasteiger partial charge in [-0.15, -0.1) is 16.4 Å². The van der Waals surface area contributed by atoms with Crippen LogP contribution >= 0.6 is 11.3 Å². The van der Waals surface area contributed by atoms with Gasteiger partial charge in [-0.25, -0.2) is 9.37 Å². The summed E-state index contributed by atoms with van der Waals surface area (Å²) in [6.45, 7) is 3.29. The zero-order chi connectivity index (χ0) is 28.7. The number of aromatic nitrogens is 4. The van der Waals surface area contributed by atoms with E-state index >= 15 is 4.39 Å². The van der Waals surface area contributed by atoms with Crippen molar-refractivity contribution in [1.29, 1.82) is 0 Å². The van der Waals surface area contributed by atoms with Crippen molar-refractivity contribution >= 4 is 39.1 Å². The lowest BCUT2D eigenvalue weighted by Crippen LogP contribution is -2.49. The van der Waals surface area contributed by atoms with Crippen LogP contribution in [-0.2, 0) is 7.05 Å². The molecule has 6 rings (SSSR count). The van der Waals surface area contributed by atoms with Gasteiger partial charge in [-0.05, 0) is 73.8 Å². The van der Waals surface area contributed by atoms with Crippen LogP contribution in [0.3, 0.4) is 0 Å². The van der Waals surface area contributed by atoms with Crippen LogP contribution in [0, 0.1) is 12.7 Å². The van der Waals surface area contributed by atoms with Gasteiger partial charge in [0.15, 0.2) is 0 Å². The van der Waals surface area contributed by atoms with E-state index < -0.39 is 17.6 Å². The molecule has 2 aromatic carbocycles. The van der Waals surface area contributed by atoms with Gasteiger partial charge in [0.2, 0.25) is 5.91 Å². The second kappa shape index (κ2) is 10.8. The third kappa shape index (κ3) is 5.09. The largest absolute Gasteiger partial charge is 0.366 e. The monoisotopic (exact) mass is 569 g/mol.